The molecule has 2 aromatic rings. The Hall–Kier alpha value is -3.07. The van der Waals surface area contributed by atoms with Gasteiger partial charge >= 0.3 is 0 Å². The predicted molar refractivity (Wildman–Crippen MR) is 102 cm³/mol. The van der Waals surface area contributed by atoms with Crippen molar-refractivity contribution >= 4 is 11.6 Å². The molecule has 0 saturated carbocycles. The summed E-state index contributed by atoms with van der Waals surface area (Å²) in [6, 6.07) is 8.18. The summed E-state index contributed by atoms with van der Waals surface area (Å²) in [5.74, 6) is -0.538. The number of carbonyl (C=O) groups excluding carboxylic acids is 1. The second-order valence-electron chi connectivity index (χ2n) is 7.44. The number of rotatable bonds is 4. The summed E-state index contributed by atoms with van der Waals surface area (Å²) in [4.78, 5) is 35.9. The second kappa shape index (κ2) is 7.16. The lowest BCUT2D eigenvalue weighted by Crippen LogP contribution is -2.48. The first-order valence-corrected chi connectivity index (χ1v) is 9.34. The monoisotopic (exact) mass is 383 g/mol. The highest BCUT2D eigenvalue weighted by molar-refractivity contribution is 5.92. The fraction of sp³-hybridized carbons (Fsp3) is 0.421. The number of nitro groups is 1. The molecule has 2 atom stereocenters. The molecule has 0 aliphatic carbocycles. The van der Waals surface area contributed by atoms with Gasteiger partial charge in [-0.1, -0.05) is 12.1 Å². The van der Waals surface area contributed by atoms with Crippen molar-refractivity contribution in [1.29, 1.82) is 0 Å². The van der Waals surface area contributed by atoms with Crippen LogP contribution < -0.4 is 16.1 Å². The SMILES string of the molecule is Cc1cc(=O)c(C(=O)NC2CC3CCC(C2)N3)nn1-c1ccccc1[N+](=O)[O-]. The molecule has 0 radical (unpaired) electrons. The number of fused-ring (bicyclic) bond motifs is 2. The normalized spacial score (nSPS) is 23.4. The molecule has 2 N–H and O–H groups in total. The molecule has 2 bridgehead atoms. The van der Waals surface area contributed by atoms with Crippen LogP contribution in [-0.2, 0) is 0 Å². The third-order valence-electron chi connectivity index (χ3n) is 5.44. The zero-order valence-electron chi connectivity index (χ0n) is 15.4. The van der Waals surface area contributed by atoms with E-state index in [0.29, 0.717) is 17.8 Å². The van der Waals surface area contributed by atoms with E-state index in [9.17, 15) is 19.7 Å². The summed E-state index contributed by atoms with van der Waals surface area (Å²) in [6.07, 6.45) is 3.85. The van der Waals surface area contributed by atoms with Gasteiger partial charge in [0.15, 0.2) is 5.69 Å². The molecule has 1 amide bonds. The van der Waals surface area contributed by atoms with E-state index in [1.807, 2.05) is 0 Å². The molecule has 2 saturated heterocycles. The number of aromatic nitrogens is 2. The quantitative estimate of drug-likeness (QED) is 0.609. The third-order valence-corrected chi connectivity index (χ3v) is 5.44. The molecule has 1 aromatic carbocycles. The van der Waals surface area contributed by atoms with Gasteiger partial charge in [0, 0.05) is 36.0 Å². The third kappa shape index (κ3) is 3.40. The molecule has 2 fully saturated rings. The first-order valence-electron chi connectivity index (χ1n) is 9.34. The number of aryl methyl sites for hydroxylation is 1. The number of carbonyl (C=O) groups is 1. The van der Waals surface area contributed by atoms with Gasteiger partial charge in [0.1, 0.15) is 5.69 Å². The fourth-order valence-electron chi connectivity index (χ4n) is 4.18. The second-order valence-corrected chi connectivity index (χ2v) is 7.44. The number of hydrogen-bond acceptors (Lipinski definition) is 6. The van der Waals surface area contributed by atoms with Crippen molar-refractivity contribution in [3.63, 3.8) is 0 Å². The van der Waals surface area contributed by atoms with E-state index in [2.05, 4.69) is 15.7 Å². The van der Waals surface area contributed by atoms with E-state index in [-0.39, 0.29) is 23.1 Å². The minimum atomic E-state index is -0.538. The molecule has 2 unspecified atom stereocenters. The van der Waals surface area contributed by atoms with Crippen molar-refractivity contribution in [2.24, 2.45) is 0 Å². The number of hydrogen-bond donors (Lipinski definition) is 2. The van der Waals surface area contributed by atoms with Crippen LogP contribution in [0.1, 0.15) is 41.9 Å². The number of para-hydroxylation sites is 2. The number of nitrogens with one attached hydrogen (secondary N) is 2. The summed E-state index contributed by atoms with van der Waals surface area (Å²) < 4.78 is 1.28. The van der Waals surface area contributed by atoms with Gasteiger partial charge in [0.2, 0.25) is 5.43 Å². The van der Waals surface area contributed by atoms with Gasteiger partial charge in [-0.15, -0.1) is 0 Å². The van der Waals surface area contributed by atoms with Crippen molar-refractivity contribution < 1.29 is 9.72 Å². The van der Waals surface area contributed by atoms with Gasteiger partial charge < -0.3 is 10.6 Å². The Balaban J connectivity index is 1.65. The molecular formula is C19H21N5O4. The van der Waals surface area contributed by atoms with Gasteiger partial charge in [0.25, 0.3) is 11.6 Å². The van der Waals surface area contributed by atoms with Crippen LogP contribution >= 0.6 is 0 Å². The Kier molecular flexibility index (Phi) is 4.68. The number of amides is 1. The lowest BCUT2D eigenvalue weighted by molar-refractivity contribution is -0.384. The van der Waals surface area contributed by atoms with E-state index in [1.165, 1.54) is 22.9 Å². The zero-order chi connectivity index (χ0) is 19.8. The zero-order valence-corrected chi connectivity index (χ0v) is 15.4. The lowest BCUT2D eigenvalue weighted by atomic mass is 10.00. The maximum absolute atomic E-state index is 12.7. The van der Waals surface area contributed by atoms with E-state index >= 15 is 0 Å². The first-order chi connectivity index (χ1) is 13.4. The van der Waals surface area contributed by atoms with Gasteiger partial charge in [-0.3, -0.25) is 19.7 Å². The molecule has 0 spiro atoms. The van der Waals surface area contributed by atoms with Crippen LogP contribution in [0.2, 0.25) is 0 Å². The van der Waals surface area contributed by atoms with Gasteiger partial charge in [0.05, 0.1) is 4.92 Å². The Morgan fingerprint density at radius 2 is 1.96 bits per heavy atom. The first kappa shape index (κ1) is 18.3. The summed E-state index contributed by atoms with van der Waals surface area (Å²) >= 11 is 0. The van der Waals surface area contributed by atoms with Gasteiger partial charge in [-0.25, -0.2) is 4.68 Å². The number of benzene rings is 1. The summed E-state index contributed by atoms with van der Waals surface area (Å²) in [6.45, 7) is 1.62. The largest absolute Gasteiger partial charge is 0.348 e. The predicted octanol–water partition coefficient (Wildman–Crippen LogP) is 1.46. The van der Waals surface area contributed by atoms with Crippen molar-refractivity contribution in [3.8, 4) is 5.69 Å². The summed E-state index contributed by atoms with van der Waals surface area (Å²) in [7, 11) is 0. The lowest BCUT2D eigenvalue weighted by Gasteiger charge is -2.29. The topological polar surface area (TPSA) is 119 Å². The highest BCUT2D eigenvalue weighted by atomic mass is 16.6. The average molecular weight is 383 g/mol. The minimum Gasteiger partial charge on any atom is -0.348 e. The van der Waals surface area contributed by atoms with Crippen molar-refractivity contribution in [3.05, 3.63) is 62.1 Å². The summed E-state index contributed by atoms with van der Waals surface area (Å²) in [5.41, 5.74) is -0.283. The number of nitro benzene ring substituents is 1. The van der Waals surface area contributed by atoms with Gasteiger partial charge in [-0.05, 0) is 38.7 Å². The smallest absolute Gasteiger partial charge is 0.294 e. The molecule has 4 rings (SSSR count). The minimum absolute atomic E-state index is 0.00624. The fourth-order valence-corrected chi connectivity index (χ4v) is 4.18. The molecular weight excluding hydrogens is 362 g/mol. The number of piperidine rings is 1. The van der Waals surface area contributed by atoms with Gasteiger partial charge in [-0.2, -0.15) is 5.10 Å². The number of nitrogens with zero attached hydrogens (tertiary/aromatic N) is 3. The maximum atomic E-state index is 12.7. The Morgan fingerprint density at radius 1 is 1.29 bits per heavy atom. The van der Waals surface area contributed by atoms with E-state index in [4.69, 9.17) is 0 Å². The van der Waals surface area contributed by atoms with Crippen LogP contribution in [0.25, 0.3) is 5.69 Å². The average Bonchev–Trinajstić information content (AvgIpc) is 3.00. The maximum Gasteiger partial charge on any atom is 0.294 e. The molecule has 1 aromatic heterocycles. The summed E-state index contributed by atoms with van der Waals surface area (Å²) in [5, 5.41) is 21.9. The van der Waals surface area contributed by atoms with E-state index in [1.54, 1.807) is 19.1 Å². The van der Waals surface area contributed by atoms with Crippen molar-refractivity contribution in [1.82, 2.24) is 20.4 Å². The standard InChI is InChI=1S/C19H21N5O4/c1-11-8-17(25)18(19(26)21-14-9-12-6-7-13(10-14)20-12)22-23(11)15-4-2-3-5-16(15)24(27)28/h2-5,8,12-14,20H,6-7,9-10H2,1H3,(H,21,26). The van der Waals surface area contributed by atoms with E-state index in [0.717, 1.165) is 25.7 Å². The molecule has 2 aliphatic heterocycles. The highest BCUT2D eigenvalue weighted by Gasteiger charge is 2.34. The van der Waals surface area contributed by atoms with E-state index < -0.39 is 16.3 Å². The van der Waals surface area contributed by atoms with Crippen LogP contribution in [0, 0.1) is 17.0 Å². The molecule has 2 aliphatic rings. The van der Waals surface area contributed by atoms with Crippen molar-refractivity contribution in [2.45, 2.75) is 50.7 Å². The highest BCUT2D eigenvalue weighted by Crippen LogP contribution is 2.27. The van der Waals surface area contributed by atoms with Crippen LogP contribution in [0.5, 0.6) is 0 Å². The molecule has 9 nitrogen and oxygen atoms in total. The van der Waals surface area contributed by atoms with Crippen LogP contribution in [0.4, 0.5) is 5.69 Å². The van der Waals surface area contributed by atoms with Crippen LogP contribution in [0.15, 0.2) is 35.1 Å². The Morgan fingerprint density at radius 3 is 2.64 bits per heavy atom. The van der Waals surface area contributed by atoms with Crippen LogP contribution in [0.3, 0.4) is 0 Å². The molecule has 146 valence electrons. The van der Waals surface area contributed by atoms with Crippen LogP contribution in [-0.4, -0.2) is 38.7 Å². The van der Waals surface area contributed by atoms with Crippen molar-refractivity contribution in [2.75, 3.05) is 0 Å². The molecule has 3 heterocycles. The molecule has 28 heavy (non-hydrogen) atoms. The molecule has 9 heteroatoms. The Labute approximate surface area is 160 Å². The Bertz CT molecular complexity index is 990.